The molecule has 0 aliphatic heterocycles. The number of anilines is 1. The van der Waals surface area contributed by atoms with E-state index in [4.69, 9.17) is 11.5 Å². The highest BCUT2D eigenvalue weighted by molar-refractivity contribution is 5.55. The Balaban J connectivity index is 3.37. The van der Waals surface area contributed by atoms with Gasteiger partial charge in [0.1, 0.15) is 5.82 Å². The molecule has 14 heavy (non-hydrogen) atoms. The Morgan fingerprint density at radius 1 is 1.21 bits per heavy atom. The van der Waals surface area contributed by atoms with E-state index in [1.54, 1.807) is 0 Å². The molecule has 0 spiro atoms. The first-order valence-corrected chi connectivity index (χ1v) is 3.71. The number of nitrogens with two attached hydrogens (primary N) is 2. The average molecular weight is 208 g/mol. The van der Waals surface area contributed by atoms with Crippen molar-refractivity contribution in [2.45, 2.75) is 12.7 Å². The summed E-state index contributed by atoms with van der Waals surface area (Å²) in [4.78, 5) is 0. The lowest BCUT2D eigenvalue weighted by molar-refractivity contribution is -0.137. The van der Waals surface area contributed by atoms with Gasteiger partial charge in [0, 0.05) is 12.2 Å². The maximum absolute atomic E-state index is 12.7. The zero-order valence-electron chi connectivity index (χ0n) is 7.03. The third kappa shape index (κ3) is 1.95. The first-order valence-electron chi connectivity index (χ1n) is 3.71. The van der Waals surface area contributed by atoms with E-state index in [2.05, 4.69) is 0 Å². The Bertz CT molecular complexity index is 346. The number of alkyl halides is 3. The lowest BCUT2D eigenvalue weighted by atomic mass is 10.1. The van der Waals surface area contributed by atoms with E-state index in [1.165, 1.54) is 0 Å². The summed E-state index contributed by atoms with van der Waals surface area (Å²) >= 11 is 0. The number of halogens is 4. The van der Waals surface area contributed by atoms with Gasteiger partial charge < -0.3 is 11.5 Å². The predicted octanol–water partition coefficient (Wildman–Crippen LogP) is 1.89. The molecule has 4 N–H and O–H groups in total. The Morgan fingerprint density at radius 3 is 2.21 bits per heavy atom. The van der Waals surface area contributed by atoms with E-state index in [0.29, 0.717) is 6.07 Å². The van der Waals surface area contributed by atoms with Crippen LogP contribution in [0.25, 0.3) is 0 Å². The summed E-state index contributed by atoms with van der Waals surface area (Å²) in [7, 11) is 0. The SMILES string of the molecule is NCc1cc(F)cc(C(F)(F)F)c1N. The molecule has 1 aromatic carbocycles. The zero-order chi connectivity index (χ0) is 10.9. The quantitative estimate of drug-likeness (QED) is 0.547. The van der Waals surface area contributed by atoms with Gasteiger partial charge in [0.05, 0.1) is 5.56 Å². The summed E-state index contributed by atoms with van der Waals surface area (Å²) < 4.78 is 49.5. The molecular formula is C8H8F4N2. The van der Waals surface area contributed by atoms with E-state index in [9.17, 15) is 17.6 Å². The van der Waals surface area contributed by atoms with Crippen LogP contribution < -0.4 is 11.5 Å². The molecule has 0 aliphatic rings. The molecule has 0 radical (unpaired) electrons. The Kier molecular flexibility index (Phi) is 2.66. The van der Waals surface area contributed by atoms with Crippen LogP contribution in [-0.2, 0) is 12.7 Å². The summed E-state index contributed by atoms with van der Waals surface area (Å²) in [5.41, 5.74) is 8.56. The van der Waals surface area contributed by atoms with Crippen LogP contribution in [0.4, 0.5) is 23.2 Å². The van der Waals surface area contributed by atoms with E-state index >= 15 is 0 Å². The minimum atomic E-state index is -4.66. The number of benzene rings is 1. The van der Waals surface area contributed by atoms with Gasteiger partial charge in [-0.15, -0.1) is 0 Å². The van der Waals surface area contributed by atoms with E-state index in [-0.39, 0.29) is 12.1 Å². The van der Waals surface area contributed by atoms with Crippen LogP contribution in [0.5, 0.6) is 0 Å². The number of rotatable bonds is 1. The van der Waals surface area contributed by atoms with Gasteiger partial charge in [-0.1, -0.05) is 0 Å². The normalized spacial score (nSPS) is 11.8. The monoisotopic (exact) mass is 208 g/mol. The van der Waals surface area contributed by atoms with Gasteiger partial charge in [-0.05, 0) is 17.7 Å². The van der Waals surface area contributed by atoms with Crippen LogP contribution in [0, 0.1) is 5.82 Å². The van der Waals surface area contributed by atoms with Gasteiger partial charge in [0.2, 0.25) is 0 Å². The Morgan fingerprint density at radius 2 is 1.79 bits per heavy atom. The summed E-state index contributed by atoms with van der Waals surface area (Å²) in [6, 6.07) is 1.25. The van der Waals surface area contributed by atoms with E-state index < -0.39 is 23.2 Å². The maximum atomic E-state index is 12.7. The van der Waals surface area contributed by atoms with Crippen molar-refractivity contribution in [1.29, 1.82) is 0 Å². The van der Waals surface area contributed by atoms with Crippen molar-refractivity contribution in [2.24, 2.45) is 5.73 Å². The first kappa shape index (κ1) is 10.8. The minimum Gasteiger partial charge on any atom is -0.398 e. The molecule has 78 valence electrons. The van der Waals surface area contributed by atoms with Crippen molar-refractivity contribution in [1.82, 2.24) is 0 Å². The number of nitrogen functional groups attached to an aromatic ring is 1. The van der Waals surface area contributed by atoms with Gasteiger partial charge >= 0.3 is 6.18 Å². The van der Waals surface area contributed by atoms with Crippen molar-refractivity contribution in [2.75, 3.05) is 5.73 Å². The van der Waals surface area contributed by atoms with E-state index in [0.717, 1.165) is 6.07 Å². The molecule has 0 aromatic heterocycles. The molecule has 0 saturated heterocycles. The minimum absolute atomic E-state index is 0.0441. The second-order valence-corrected chi connectivity index (χ2v) is 2.73. The molecule has 1 aromatic rings. The molecule has 0 unspecified atom stereocenters. The first-order chi connectivity index (χ1) is 6.36. The lowest BCUT2D eigenvalue weighted by Gasteiger charge is -2.12. The van der Waals surface area contributed by atoms with Crippen LogP contribution in [0.2, 0.25) is 0 Å². The Hall–Kier alpha value is -1.30. The fourth-order valence-electron chi connectivity index (χ4n) is 1.08. The maximum Gasteiger partial charge on any atom is 0.418 e. The number of hydrogen-bond acceptors (Lipinski definition) is 2. The van der Waals surface area contributed by atoms with Crippen molar-refractivity contribution >= 4 is 5.69 Å². The summed E-state index contributed by atoms with van der Waals surface area (Å²) in [6.07, 6.45) is -4.66. The second-order valence-electron chi connectivity index (χ2n) is 2.73. The smallest absolute Gasteiger partial charge is 0.398 e. The van der Waals surface area contributed by atoms with Gasteiger partial charge in [0.15, 0.2) is 0 Å². The molecule has 0 atom stereocenters. The number of hydrogen-bond donors (Lipinski definition) is 2. The van der Waals surface area contributed by atoms with Crippen LogP contribution in [0.15, 0.2) is 12.1 Å². The third-order valence-electron chi connectivity index (χ3n) is 1.76. The molecule has 2 nitrogen and oxygen atoms in total. The Labute approximate surface area is 77.5 Å². The molecule has 6 heteroatoms. The fraction of sp³-hybridized carbons (Fsp3) is 0.250. The largest absolute Gasteiger partial charge is 0.418 e. The third-order valence-corrected chi connectivity index (χ3v) is 1.76. The molecular weight excluding hydrogens is 200 g/mol. The fourth-order valence-corrected chi connectivity index (χ4v) is 1.08. The predicted molar refractivity (Wildman–Crippen MR) is 43.7 cm³/mol. The highest BCUT2D eigenvalue weighted by Gasteiger charge is 2.34. The van der Waals surface area contributed by atoms with Crippen molar-refractivity contribution in [3.05, 3.63) is 29.1 Å². The van der Waals surface area contributed by atoms with Crippen LogP contribution in [0.3, 0.4) is 0 Å². The molecule has 0 aliphatic carbocycles. The summed E-state index contributed by atoms with van der Waals surface area (Å²) in [5, 5.41) is 0. The van der Waals surface area contributed by atoms with Gasteiger partial charge in [0.25, 0.3) is 0 Å². The second kappa shape index (κ2) is 3.45. The summed E-state index contributed by atoms with van der Waals surface area (Å²) in [5.74, 6) is -0.994. The van der Waals surface area contributed by atoms with Crippen LogP contribution in [-0.4, -0.2) is 0 Å². The molecule has 0 amide bonds. The molecule has 0 fully saturated rings. The van der Waals surface area contributed by atoms with Gasteiger partial charge in [-0.25, -0.2) is 4.39 Å². The lowest BCUT2D eigenvalue weighted by Crippen LogP contribution is -2.13. The van der Waals surface area contributed by atoms with Crippen molar-refractivity contribution < 1.29 is 17.6 Å². The highest BCUT2D eigenvalue weighted by Crippen LogP contribution is 2.35. The highest BCUT2D eigenvalue weighted by atomic mass is 19.4. The molecule has 0 saturated carbocycles. The van der Waals surface area contributed by atoms with Crippen molar-refractivity contribution in [3.63, 3.8) is 0 Å². The topological polar surface area (TPSA) is 52.0 Å². The van der Waals surface area contributed by atoms with Crippen molar-refractivity contribution in [3.8, 4) is 0 Å². The van der Waals surface area contributed by atoms with Crippen LogP contribution >= 0.6 is 0 Å². The molecule has 0 heterocycles. The van der Waals surface area contributed by atoms with Crippen LogP contribution in [0.1, 0.15) is 11.1 Å². The average Bonchev–Trinajstić information content (AvgIpc) is 2.06. The summed E-state index contributed by atoms with van der Waals surface area (Å²) in [6.45, 7) is -0.229. The van der Waals surface area contributed by atoms with Gasteiger partial charge in [-0.3, -0.25) is 0 Å². The van der Waals surface area contributed by atoms with Gasteiger partial charge in [-0.2, -0.15) is 13.2 Å². The standard InChI is InChI=1S/C8H8F4N2/c9-5-1-4(3-13)7(14)6(2-5)8(10,11)12/h1-2H,3,13-14H2. The van der Waals surface area contributed by atoms with E-state index in [1.807, 2.05) is 0 Å². The zero-order valence-corrected chi connectivity index (χ0v) is 7.03. The molecule has 1 rings (SSSR count). The molecule has 0 bridgehead atoms.